The first-order chi connectivity index (χ1) is 11.5. The average Bonchev–Trinajstić information content (AvgIpc) is 2.94. The van der Waals surface area contributed by atoms with Crippen LogP contribution in [0.2, 0.25) is 0 Å². The van der Waals surface area contributed by atoms with Gasteiger partial charge in [-0.3, -0.25) is 4.90 Å². The van der Waals surface area contributed by atoms with E-state index in [2.05, 4.69) is 44.0 Å². The van der Waals surface area contributed by atoms with Crippen LogP contribution in [0.5, 0.6) is 11.5 Å². The van der Waals surface area contributed by atoms with Gasteiger partial charge in [0, 0.05) is 11.6 Å². The van der Waals surface area contributed by atoms with Crippen molar-refractivity contribution in [3.63, 3.8) is 0 Å². The minimum atomic E-state index is -0.153. The Morgan fingerprint density at radius 2 is 2.00 bits per heavy atom. The van der Waals surface area contributed by atoms with Crippen molar-refractivity contribution in [2.75, 3.05) is 27.8 Å². The quantitative estimate of drug-likeness (QED) is 0.835. The summed E-state index contributed by atoms with van der Waals surface area (Å²) in [7, 11) is 5.63. The third-order valence-electron chi connectivity index (χ3n) is 6.09. The minimum absolute atomic E-state index is 0.108. The number of methoxy groups -OCH3 is 2. The predicted molar refractivity (Wildman–Crippen MR) is 93.7 cm³/mol. The lowest BCUT2D eigenvalue weighted by atomic mass is 9.61. The first-order valence-electron chi connectivity index (χ1n) is 8.55. The van der Waals surface area contributed by atoms with Crippen molar-refractivity contribution in [3.05, 3.63) is 46.7 Å². The SMILES string of the molecule is COC1=CC=C2C(C)N(C)CCC23c2c(C)ccc(OC)c2O[C@@H]13. The maximum atomic E-state index is 6.48. The average molecular weight is 327 g/mol. The van der Waals surface area contributed by atoms with Crippen molar-refractivity contribution in [1.29, 1.82) is 0 Å². The third-order valence-corrected chi connectivity index (χ3v) is 6.09. The van der Waals surface area contributed by atoms with Crippen LogP contribution in [-0.2, 0) is 10.2 Å². The highest BCUT2D eigenvalue weighted by Crippen LogP contribution is 2.59. The normalized spacial score (nSPS) is 31.2. The molecule has 0 aromatic heterocycles. The van der Waals surface area contributed by atoms with E-state index in [0.717, 1.165) is 30.2 Å². The smallest absolute Gasteiger partial charge is 0.169 e. The molecule has 2 heterocycles. The number of nitrogens with zero attached hydrogens (tertiary/aromatic N) is 1. The fourth-order valence-electron chi connectivity index (χ4n) is 4.72. The second-order valence-electron chi connectivity index (χ2n) is 7.06. The first kappa shape index (κ1) is 15.6. The fraction of sp³-hybridized carbons (Fsp3) is 0.500. The zero-order chi connectivity index (χ0) is 17.1. The lowest BCUT2D eigenvalue weighted by Crippen LogP contribution is -2.54. The Labute approximate surface area is 143 Å². The van der Waals surface area contributed by atoms with E-state index < -0.39 is 0 Å². The topological polar surface area (TPSA) is 30.9 Å². The summed E-state index contributed by atoms with van der Waals surface area (Å²) in [4.78, 5) is 2.41. The lowest BCUT2D eigenvalue weighted by molar-refractivity contribution is 0.0807. The fourth-order valence-corrected chi connectivity index (χ4v) is 4.72. The van der Waals surface area contributed by atoms with Gasteiger partial charge in [-0.05, 0) is 57.1 Å². The van der Waals surface area contributed by atoms with Gasteiger partial charge in [0.2, 0.25) is 0 Å². The van der Waals surface area contributed by atoms with Crippen LogP contribution in [0.15, 0.2) is 35.6 Å². The predicted octanol–water partition coefficient (Wildman–Crippen LogP) is 3.20. The van der Waals surface area contributed by atoms with Crippen molar-refractivity contribution in [1.82, 2.24) is 4.90 Å². The number of hydrogen-bond donors (Lipinski definition) is 0. The van der Waals surface area contributed by atoms with Crippen molar-refractivity contribution >= 4 is 0 Å². The Bertz CT molecular complexity index is 751. The molecule has 3 atom stereocenters. The van der Waals surface area contributed by atoms with Gasteiger partial charge in [-0.1, -0.05) is 12.1 Å². The molecule has 0 bridgehead atoms. The van der Waals surface area contributed by atoms with E-state index in [0.29, 0.717) is 6.04 Å². The molecule has 4 nitrogen and oxygen atoms in total. The van der Waals surface area contributed by atoms with Gasteiger partial charge < -0.3 is 14.2 Å². The summed E-state index contributed by atoms with van der Waals surface area (Å²) in [5, 5.41) is 0. The van der Waals surface area contributed by atoms with Crippen LogP contribution in [0.3, 0.4) is 0 Å². The van der Waals surface area contributed by atoms with E-state index in [1.807, 2.05) is 6.07 Å². The lowest BCUT2D eigenvalue weighted by Gasteiger charge is -2.48. The molecular weight excluding hydrogens is 302 g/mol. The molecule has 0 amide bonds. The highest BCUT2D eigenvalue weighted by molar-refractivity contribution is 5.64. The molecule has 4 heteroatoms. The molecule has 2 aliphatic heterocycles. The third kappa shape index (κ3) is 1.78. The van der Waals surface area contributed by atoms with Crippen LogP contribution in [0, 0.1) is 6.92 Å². The number of likely N-dealkylation sites (N-methyl/N-ethyl adjacent to an activating group) is 1. The summed E-state index contributed by atoms with van der Waals surface area (Å²) < 4.78 is 17.8. The summed E-state index contributed by atoms with van der Waals surface area (Å²) in [6.07, 6.45) is 5.23. The number of allylic oxidation sites excluding steroid dienone is 2. The van der Waals surface area contributed by atoms with Crippen molar-refractivity contribution in [3.8, 4) is 11.5 Å². The molecule has 0 saturated carbocycles. The van der Waals surface area contributed by atoms with E-state index in [4.69, 9.17) is 14.2 Å². The summed E-state index contributed by atoms with van der Waals surface area (Å²) in [6, 6.07) is 4.51. The number of rotatable bonds is 2. The molecule has 0 N–H and O–H groups in total. The van der Waals surface area contributed by atoms with Crippen LogP contribution in [0.1, 0.15) is 24.5 Å². The molecule has 1 aliphatic carbocycles. The Hall–Kier alpha value is -1.94. The second-order valence-corrected chi connectivity index (χ2v) is 7.06. The number of hydrogen-bond acceptors (Lipinski definition) is 4. The van der Waals surface area contributed by atoms with Crippen molar-refractivity contribution < 1.29 is 14.2 Å². The van der Waals surface area contributed by atoms with Gasteiger partial charge in [0.15, 0.2) is 17.6 Å². The number of fused-ring (bicyclic) bond motifs is 1. The monoisotopic (exact) mass is 327 g/mol. The van der Waals surface area contributed by atoms with Gasteiger partial charge in [-0.15, -0.1) is 0 Å². The van der Waals surface area contributed by atoms with E-state index >= 15 is 0 Å². The van der Waals surface area contributed by atoms with E-state index in [1.165, 1.54) is 16.7 Å². The van der Waals surface area contributed by atoms with Gasteiger partial charge in [0.25, 0.3) is 0 Å². The Balaban J connectivity index is 2.00. The van der Waals surface area contributed by atoms with E-state index in [1.54, 1.807) is 14.2 Å². The largest absolute Gasteiger partial charge is 0.497 e. The number of ether oxygens (including phenoxy) is 3. The number of piperidine rings is 1. The van der Waals surface area contributed by atoms with Crippen LogP contribution in [0.4, 0.5) is 0 Å². The van der Waals surface area contributed by atoms with E-state index in [9.17, 15) is 0 Å². The van der Waals surface area contributed by atoms with Crippen LogP contribution in [0.25, 0.3) is 0 Å². The molecule has 24 heavy (non-hydrogen) atoms. The van der Waals surface area contributed by atoms with E-state index in [-0.39, 0.29) is 11.5 Å². The molecule has 1 spiro atoms. The second kappa shape index (κ2) is 5.28. The summed E-state index contributed by atoms with van der Waals surface area (Å²) in [5.41, 5.74) is 3.80. The maximum absolute atomic E-state index is 6.48. The molecule has 1 saturated heterocycles. The molecule has 3 aliphatic rings. The van der Waals surface area contributed by atoms with Gasteiger partial charge >= 0.3 is 0 Å². The maximum Gasteiger partial charge on any atom is 0.169 e. The van der Waals surface area contributed by atoms with Crippen LogP contribution in [-0.4, -0.2) is 44.9 Å². The standard InChI is InChI=1S/C20H25NO3/c1-12-6-8-15(22-4)18-17(12)20-10-11-21(3)13(2)14(20)7-9-16(23-5)19(20)24-18/h6-9,13,19H,10-11H2,1-5H3/t13?,19-,20?/m0/s1. The van der Waals surface area contributed by atoms with Crippen molar-refractivity contribution in [2.24, 2.45) is 0 Å². The molecular formula is C20H25NO3. The Morgan fingerprint density at radius 1 is 1.21 bits per heavy atom. The highest BCUT2D eigenvalue weighted by Gasteiger charge is 2.58. The molecule has 0 radical (unpaired) electrons. The molecule has 1 aromatic carbocycles. The minimum Gasteiger partial charge on any atom is -0.497 e. The van der Waals surface area contributed by atoms with Crippen molar-refractivity contribution in [2.45, 2.75) is 37.8 Å². The summed E-state index contributed by atoms with van der Waals surface area (Å²) in [5.74, 6) is 2.59. The Kier molecular flexibility index (Phi) is 3.43. The number of aryl methyl sites for hydroxylation is 1. The molecule has 1 fully saturated rings. The summed E-state index contributed by atoms with van der Waals surface area (Å²) >= 11 is 0. The van der Waals surface area contributed by atoms with Gasteiger partial charge in [0.1, 0.15) is 5.76 Å². The first-order valence-corrected chi connectivity index (χ1v) is 8.55. The highest BCUT2D eigenvalue weighted by atomic mass is 16.6. The zero-order valence-electron chi connectivity index (χ0n) is 15.1. The summed E-state index contributed by atoms with van der Waals surface area (Å²) in [6.45, 7) is 5.48. The zero-order valence-corrected chi connectivity index (χ0v) is 15.1. The van der Waals surface area contributed by atoms with Gasteiger partial charge in [0.05, 0.1) is 19.6 Å². The molecule has 128 valence electrons. The van der Waals surface area contributed by atoms with Crippen LogP contribution >= 0.6 is 0 Å². The number of benzene rings is 1. The van der Waals surface area contributed by atoms with Gasteiger partial charge in [-0.25, -0.2) is 0 Å². The molecule has 4 rings (SSSR count). The molecule has 2 unspecified atom stereocenters. The Morgan fingerprint density at radius 3 is 2.71 bits per heavy atom. The van der Waals surface area contributed by atoms with Gasteiger partial charge in [-0.2, -0.15) is 0 Å². The molecule has 1 aromatic rings. The van der Waals surface area contributed by atoms with Crippen LogP contribution < -0.4 is 9.47 Å². The number of likely N-dealkylation sites (tertiary alicyclic amines) is 1.